The summed E-state index contributed by atoms with van der Waals surface area (Å²) in [6.45, 7) is 4.86. The zero-order chi connectivity index (χ0) is 26.6. The third-order valence-electron chi connectivity index (χ3n) is 11.1. The highest BCUT2D eigenvalue weighted by Gasteiger charge is 2.58. The van der Waals surface area contributed by atoms with Crippen molar-refractivity contribution >= 4 is 22.1 Å². The fraction of sp³-hybridized carbons (Fsp3) is 0.389. The second-order valence-corrected chi connectivity index (χ2v) is 14.0. The number of fused-ring (bicyclic) bond motifs is 3. The summed E-state index contributed by atoms with van der Waals surface area (Å²) in [6.07, 6.45) is 11.7. The number of hydrogen-bond acceptors (Lipinski definition) is 3. The zero-order valence-electron chi connectivity index (χ0n) is 23.4. The van der Waals surface area contributed by atoms with Gasteiger partial charge in [-0.15, -0.1) is 0 Å². The molecule has 3 aliphatic carbocycles. The van der Waals surface area contributed by atoms with E-state index in [2.05, 4.69) is 91.0 Å². The second kappa shape index (κ2) is 8.04. The van der Waals surface area contributed by atoms with Crippen LogP contribution in [0.2, 0.25) is 0 Å². The quantitative estimate of drug-likeness (QED) is 0.277. The lowest BCUT2D eigenvalue weighted by Gasteiger charge is -2.15. The lowest BCUT2D eigenvalue weighted by molar-refractivity contribution is 0.506. The highest BCUT2D eigenvalue weighted by Crippen LogP contribution is 2.67. The van der Waals surface area contributed by atoms with Crippen LogP contribution in [0.3, 0.4) is 0 Å². The van der Waals surface area contributed by atoms with Crippen LogP contribution >= 0.6 is 0 Å². The van der Waals surface area contributed by atoms with E-state index in [1.165, 1.54) is 82.2 Å². The molecule has 3 aromatic carbocycles. The van der Waals surface area contributed by atoms with Gasteiger partial charge in [0.05, 0.1) is 11.9 Å². The van der Waals surface area contributed by atoms with Gasteiger partial charge in [0, 0.05) is 41.9 Å². The third kappa shape index (κ3) is 3.69. The Kier molecular flexibility index (Phi) is 4.67. The number of aromatic amines is 1. The van der Waals surface area contributed by atoms with Crippen molar-refractivity contribution < 1.29 is 0 Å². The number of piperidine rings is 1. The maximum Gasteiger partial charge on any atom is 0.109 e. The van der Waals surface area contributed by atoms with Crippen LogP contribution < -0.4 is 5.32 Å². The van der Waals surface area contributed by atoms with Crippen molar-refractivity contribution in [1.29, 1.82) is 0 Å². The molecule has 200 valence electrons. The van der Waals surface area contributed by atoms with Crippen molar-refractivity contribution in [2.45, 2.75) is 70.4 Å². The minimum Gasteiger partial charge on any atom is -0.342 e. The number of nitrogens with zero attached hydrogens (tertiary/aromatic N) is 2. The number of rotatable bonds is 5. The Morgan fingerprint density at radius 3 is 2.27 bits per heavy atom. The van der Waals surface area contributed by atoms with Crippen LogP contribution in [0, 0.1) is 16.7 Å². The molecule has 0 unspecified atom stereocenters. The Morgan fingerprint density at radius 1 is 0.775 bits per heavy atom. The summed E-state index contributed by atoms with van der Waals surface area (Å²) in [4.78, 5) is 13.3. The number of nitrogens with one attached hydrogen (secondary N) is 2. The van der Waals surface area contributed by atoms with Crippen LogP contribution in [0.5, 0.6) is 0 Å². The Hall–Kier alpha value is -3.50. The fourth-order valence-electron chi connectivity index (χ4n) is 8.19. The first kappa shape index (κ1) is 23.2. The van der Waals surface area contributed by atoms with Gasteiger partial charge >= 0.3 is 0 Å². The summed E-state index contributed by atoms with van der Waals surface area (Å²) in [5.74, 6) is 2.71. The smallest absolute Gasteiger partial charge is 0.109 e. The summed E-state index contributed by atoms with van der Waals surface area (Å²) in [5, 5.41) is 6.31. The minimum absolute atomic E-state index is 0.464. The average Bonchev–Trinajstić information content (AvgIpc) is 3.46. The molecule has 40 heavy (non-hydrogen) atoms. The molecule has 1 aromatic heterocycles. The summed E-state index contributed by atoms with van der Waals surface area (Å²) in [7, 11) is 0. The van der Waals surface area contributed by atoms with Gasteiger partial charge in [-0.3, -0.25) is 4.99 Å². The Bertz CT molecular complexity index is 1740. The van der Waals surface area contributed by atoms with Crippen LogP contribution in [0.4, 0.5) is 0 Å². The van der Waals surface area contributed by atoms with Crippen molar-refractivity contribution in [3.05, 3.63) is 84.4 Å². The molecule has 0 bridgehead atoms. The maximum atomic E-state index is 4.82. The molecule has 1 saturated heterocycles. The first-order chi connectivity index (χ1) is 19.4. The molecular formula is C36H36N4. The number of aliphatic imine (C=N–C) groups is 1. The Balaban J connectivity index is 0.898. The van der Waals surface area contributed by atoms with Gasteiger partial charge in [0.2, 0.25) is 0 Å². The predicted octanol–water partition coefficient (Wildman–Crippen LogP) is 8.13. The van der Waals surface area contributed by atoms with Gasteiger partial charge in [-0.05, 0) is 94.0 Å². The normalized spacial score (nSPS) is 33.5. The minimum atomic E-state index is 0.464. The van der Waals surface area contributed by atoms with E-state index in [-0.39, 0.29) is 0 Å². The number of H-pyrrole nitrogens is 1. The van der Waals surface area contributed by atoms with E-state index in [1.54, 1.807) is 0 Å². The van der Waals surface area contributed by atoms with Crippen molar-refractivity contribution in [3.63, 3.8) is 0 Å². The van der Waals surface area contributed by atoms with Crippen LogP contribution in [0.25, 0.3) is 38.7 Å². The van der Waals surface area contributed by atoms with E-state index in [0.717, 1.165) is 18.0 Å². The number of imidazole rings is 1. The van der Waals surface area contributed by atoms with Gasteiger partial charge in [0.15, 0.2) is 0 Å². The van der Waals surface area contributed by atoms with E-state index in [4.69, 9.17) is 9.98 Å². The van der Waals surface area contributed by atoms with Gasteiger partial charge < -0.3 is 10.3 Å². The zero-order valence-corrected chi connectivity index (χ0v) is 23.4. The highest BCUT2D eigenvalue weighted by molar-refractivity contribution is 6.02. The van der Waals surface area contributed by atoms with Crippen LogP contribution in [-0.4, -0.2) is 27.8 Å². The van der Waals surface area contributed by atoms with Crippen LogP contribution in [0.15, 0.2) is 78.1 Å². The summed E-state index contributed by atoms with van der Waals surface area (Å²) in [6, 6.07) is 23.8. The van der Waals surface area contributed by atoms with Gasteiger partial charge in [-0.2, -0.15) is 0 Å². The van der Waals surface area contributed by atoms with Crippen LogP contribution in [0.1, 0.15) is 69.7 Å². The van der Waals surface area contributed by atoms with Crippen molar-refractivity contribution in [1.82, 2.24) is 15.3 Å². The standard InChI is InChI=1S/C36H36N4/c1-35-15-27(13-29(35)16-35)34-38-20-32(40-34)26-10-9-24-11-23(7-8-25(24)12-26)21-3-5-22(6-4-21)28-14-30(37-19-28)31-17-36(2)18-33(36)39-31/h3-12,19-20,27,29,31,33,39H,13-18H2,1-2H3,(H,38,40)/t27-,29-,31-,33-,35+,36+/m0/s1. The maximum absolute atomic E-state index is 4.82. The molecular weight excluding hydrogens is 488 g/mol. The third-order valence-corrected chi connectivity index (χ3v) is 11.1. The molecule has 6 atom stereocenters. The monoisotopic (exact) mass is 524 g/mol. The number of benzene rings is 3. The molecule has 4 aromatic rings. The van der Waals surface area contributed by atoms with E-state index in [9.17, 15) is 0 Å². The topological polar surface area (TPSA) is 53.1 Å². The van der Waals surface area contributed by atoms with Crippen molar-refractivity contribution in [3.8, 4) is 22.4 Å². The molecule has 0 spiro atoms. The number of aromatic nitrogens is 2. The molecule has 0 radical (unpaired) electrons. The fourth-order valence-corrected chi connectivity index (χ4v) is 8.19. The summed E-state index contributed by atoms with van der Waals surface area (Å²) in [5.41, 5.74) is 9.90. The largest absolute Gasteiger partial charge is 0.342 e. The SMILES string of the molecule is C[C@]12C[C@@H](c3ncc(-c4ccc5cc(-c6ccc(C7=CN=C([C@@H]8C[C@]9(C)C[C@@H]9N8)C7)cc6)ccc5c4)[nH]3)C[C@H]1C2. The van der Waals surface area contributed by atoms with Gasteiger partial charge in [-0.1, -0.05) is 62.4 Å². The Morgan fingerprint density at radius 2 is 1.52 bits per heavy atom. The predicted molar refractivity (Wildman–Crippen MR) is 163 cm³/mol. The number of allylic oxidation sites excluding steroid dienone is 1. The second-order valence-electron chi connectivity index (χ2n) is 14.0. The average molecular weight is 525 g/mol. The van der Waals surface area contributed by atoms with E-state index in [1.807, 2.05) is 6.20 Å². The van der Waals surface area contributed by atoms with Crippen molar-refractivity contribution in [2.24, 2.45) is 21.7 Å². The first-order valence-corrected chi connectivity index (χ1v) is 15.1. The highest BCUT2D eigenvalue weighted by atomic mass is 15.1. The van der Waals surface area contributed by atoms with Gasteiger partial charge in [0.25, 0.3) is 0 Å². The molecule has 4 heteroatoms. The van der Waals surface area contributed by atoms with Crippen LogP contribution in [-0.2, 0) is 0 Å². The molecule has 2 aliphatic heterocycles. The Labute approximate surface area is 236 Å². The lowest BCUT2D eigenvalue weighted by Crippen LogP contribution is -2.33. The summed E-state index contributed by atoms with van der Waals surface area (Å²) >= 11 is 0. The first-order valence-electron chi connectivity index (χ1n) is 15.1. The molecule has 3 saturated carbocycles. The van der Waals surface area contributed by atoms with E-state index >= 15 is 0 Å². The molecule has 0 amide bonds. The molecule has 3 heterocycles. The molecule has 4 fully saturated rings. The molecule has 2 N–H and O–H groups in total. The lowest BCUT2D eigenvalue weighted by atomic mass is 9.94. The van der Waals surface area contributed by atoms with Gasteiger partial charge in [-0.25, -0.2) is 4.98 Å². The van der Waals surface area contributed by atoms with Gasteiger partial charge in [0.1, 0.15) is 5.82 Å². The number of hydrogen-bond donors (Lipinski definition) is 2. The molecule has 9 rings (SSSR count). The summed E-state index contributed by atoms with van der Waals surface area (Å²) < 4.78 is 0. The van der Waals surface area contributed by atoms with E-state index in [0.29, 0.717) is 28.8 Å². The van der Waals surface area contributed by atoms with E-state index < -0.39 is 0 Å². The molecule has 5 aliphatic rings. The molecule has 4 nitrogen and oxygen atoms in total. The van der Waals surface area contributed by atoms with Crippen molar-refractivity contribution in [2.75, 3.05) is 0 Å².